The van der Waals surface area contributed by atoms with Gasteiger partial charge in [-0.1, -0.05) is 18.2 Å². The number of halogens is 1. The molecule has 3 rings (SSSR count). The van der Waals surface area contributed by atoms with E-state index in [1.165, 1.54) is 0 Å². The normalized spacial score (nSPS) is 10.9. The maximum absolute atomic E-state index is 5.89. The molecule has 0 aliphatic heterocycles. The van der Waals surface area contributed by atoms with Crippen LogP contribution in [0.5, 0.6) is 0 Å². The first-order chi connectivity index (χ1) is 10.8. The molecule has 6 nitrogen and oxygen atoms in total. The van der Waals surface area contributed by atoms with Crippen molar-refractivity contribution in [3.05, 3.63) is 72.9 Å². The summed E-state index contributed by atoms with van der Waals surface area (Å²) in [6.07, 6.45) is 7.02. The van der Waals surface area contributed by atoms with Crippen molar-refractivity contribution in [3.8, 4) is 5.82 Å². The molecule has 0 unspecified atom stereocenters. The fourth-order valence-electron chi connectivity index (χ4n) is 1.98. The number of guanidine groups is 1. The van der Waals surface area contributed by atoms with Gasteiger partial charge >= 0.3 is 0 Å². The third kappa shape index (κ3) is 4.78. The van der Waals surface area contributed by atoms with Crippen molar-refractivity contribution in [2.75, 3.05) is 5.32 Å². The Balaban J connectivity index is 0.00000192. The number of anilines is 1. The Morgan fingerprint density at radius 3 is 2.74 bits per heavy atom. The van der Waals surface area contributed by atoms with Crippen LogP contribution in [-0.4, -0.2) is 20.5 Å². The minimum absolute atomic E-state index is 0. The van der Waals surface area contributed by atoms with Gasteiger partial charge in [-0.25, -0.2) is 15.0 Å². The third-order valence-electron chi connectivity index (χ3n) is 3.06. The Kier molecular flexibility index (Phi) is 6.10. The van der Waals surface area contributed by atoms with Crippen molar-refractivity contribution in [2.24, 2.45) is 10.7 Å². The van der Waals surface area contributed by atoms with E-state index in [4.69, 9.17) is 5.73 Å². The number of para-hydroxylation sites is 1. The van der Waals surface area contributed by atoms with Gasteiger partial charge in [0.15, 0.2) is 5.96 Å². The SMILES string of the molecule is I.NC(=NCc1ccnc(-n2ccnc2)c1)Nc1ccccc1. The molecule has 0 fully saturated rings. The molecule has 0 aliphatic carbocycles. The summed E-state index contributed by atoms with van der Waals surface area (Å²) in [6.45, 7) is 0.482. The summed E-state index contributed by atoms with van der Waals surface area (Å²) in [5.74, 6) is 1.19. The molecule has 23 heavy (non-hydrogen) atoms. The molecule has 2 heterocycles. The summed E-state index contributed by atoms with van der Waals surface area (Å²) in [6, 6.07) is 13.6. The number of benzene rings is 1. The van der Waals surface area contributed by atoms with Crippen LogP contribution in [0.4, 0.5) is 5.69 Å². The number of aromatic nitrogens is 3. The number of nitrogens with zero attached hydrogens (tertiary/aromatic N) is 4. The average molecular weight is 420 g/mol. The Morgan fingerprint density at radius 2 is 2.00 bits per heavy atom. The molecule has 3 aromatic rings. The van der Waals surface area contributed by atoms with Gasteiger partial charge in [-0.3, -0.25) is 4.57 Å². The summed E-state index contributed by atoms with van der Waals surface area (Å²) < 4.78 is 1.85. The van der Waals surface area contributed by atoms with Gasteiger partial charge in [0.2, 0.25) is 0 Å². The first-order valence-electron chi connectivity index (χ1n) is 6.86. The molecule has 118 valence electrons. The second-order valence-electron chi connectivity index (χ2n) is 4.68. The predicted molar refractivity (Wildman–Crippen MR) is 102 cm³/mol. The van der Waals surface area contributed by atoms with Crippen LogP contribution in [0.2, 0.25) is 0 Å². The molecule has 0 saturated carbocycles. The fraction of sp³-hybridized carbons (Fsp3) is 0.0625. The van der Waals surface area contributed by atoms with Gasteiger partial charge < -0.3 is 11.1 Å². The minimum Gasteiger partial charge on any atom is -0.370 e. The van der Waals surface area contributed by atoms with Gasteiger partial charge in [0.25, 0.3) is 0 Å². The van der Waals surface area contributed by atoms with E-state index in [1.807, 2.05) is 53.2 Å². The Hall–Kier alpha value is -2.42. The van der Waals surface area contributed by atoms with E-state index < -0.39 is 0 Å². The highest BCUT2D eigenvalue weighted by Crippen LogP contribution is 2.08. The largest absolute Gasteiger partial charge is 0.370 e. The van der Waals surface area contributed by atoms with Crippen LogP contribution in [0.25, 0.3) is 5.82 Å². The molecular weight excluding hydrogens is 403 g/mol. The molecule has 0 bridgehead atoms. The summed E-state index contributed by atoms with van der Waals surface area (Å²) in [5, 5.41) is 3.05. The lowest BCUT2D eigenvalue weighted by Crippen LogP contribution is -2.22. The van der Waals surface area contributed by atoms with E-state index in [0.717, 1.165) is 17.1 Å². The smallest absolute Gasteiger partial charge is 0.193 e. The van der Waals surface area contributed by atoms with Crippen molar-refractivity contribution < 1.29 is 0 Å². The van der Waals surface area contributed by atoms with Crippen LogP contribution in [0.3, 0.4) is 0 Å². The number of rotatable bonds is 4. The molecule has 0 radical (unpaired) electrons. The number of nitrogens with two attached hydrogens (primary N) is 1. The molecule has 0 amide bonds. The predicted octanol–water partition coefficient (Wildman–Crippen LogP) is 2.81. The molecule has 0 atom stereocenters. The molecule has 0 saturated heterocycles. The van der Waals surface area contributed by atoms with Crippen LogP contribution in [0.1, 0.15) is 5.56 Å². The molecule has 0 aliphatic rings. The topological polar surface area (TPSA) is 81.1 Å². The van der Waals surface area contributed by atoms with Gasteiger partial charge in [-0.05, 0) is 29.8 Å². The van der Waals surface area contributed by atoms with Crippen LogP contribution >= 0.6 is 24.0 Å². The summed E-state index contributed by atoms with van der Waals surface area (Å²) >= 11 is 0. The van der Waals surface area contributed by atoms with E-state index in [0.29, 0.717) is 12.5 Å². The van der Waals surface area contributed by atoms with Gasteiger partial charge in [0, 0.05) is 24.3 Å². The van der Waals surface area contributed by atoms with Gasteiger partial charge in [-0.15, -0.1) is 24.0 Å². The lowest BCUT2D eigenvalue weighted by molar-refractivity contribution is 0.968. The minimum atomic E-state index is 0. The number of nitrogens with one attached hydrogen (secondary N) is 1. The fourth-order valence-corrected chi connectivity index (χ4v) is 1.98. The molecule has 3 N–H and O–H groups in total. The highest BCUT2D eigenvalue weighted by atomic mass is 127. The Bertz CT molecular complexity index is 755. The zero-order valence-electron chi connectivity index (χ0n) is 12.3. The number of hydrogen-bond donors (Lipinski definition) is 2. The Morgan fingerprint density at radius 1 is 1.17 bits per heavy atom. The highest BCUT2D eigenvalue weighted by molar-refractivity contribution is 14.0. The summed E-state index contributed by atoms with van der Waals surface area (Å²) in [5.41, 5.74) is 7.83. The van der Waals surface area contributed by atoms with E-state index in [1.54, 1.807) is 18.7 Å². The second-order valence-corrected chi connectivity index (χ2v) is 4.68. The van der Waals surface area contributed by atoms with E-state index in [9.17, 15) is 0 Å². The lowest BCUT2D eigenvalue weighted by atomic mass is 10.2. The molecule has 1 aromatic carbocycles. The summed E-state index contributed by atoms with van der Waals surface area (Å²) in [7, 11) is 0. The van der Waals surface area contributed by atoms with Crippen LogP contribution in [0, 0.1) is 0 Å². The molecular formula is C16H17IN6. The maximum atomic E-state index is 5.89. The quantitative estimate of drug-likeness (QED) is 0.387. The second kappa shape index (κ2) is 8.28. The molecule has 2 aromatic heterocycles. The highest BCUT2D eigenvalue weighted by Gasteiger charge is 2.00. The zero-order valence-corrected chi connectivity index (χ0v) is 14.7. The van der Waals surface area contributed by atoms with Crippen LogP contribution < -0.4 is 11.1 Å². The monoisotopic (exact) mass is 420 g/mol. The maximum Gasteiger partial charge on any atom is 0.193 e. The molecule has 0 spiro atoms. The zero-order chi connectivity index (χ0) is 15.2. The summed E-state index contributed by atoms with van der Waals surface area (Å²) in [4.78, 5) is 12.7. The number of hydrogen-bond acceptors (Lipinski definition) is 3. The lowest BCUT2D eigenvalue weighted by Gasteiger charge is -2.06. The van der Waals surface area contributed by atoms with Crippen molar-refractivity contribution >= 4 is 35.6 Å². The number of imidazole rings is 1. The van der Waals surface area contributed by atoms with Crippen molar-refractivity contribution in [1.29, 1.82) is 0 Å². The average Bonchev–Trinajstić information content (AvgIpc) is 3.09. The van der Waals surface area contributed by atoms with Crippen molar-refractivity contribution in [3.63, 3.8) is 0 Å². The first kappa shape index (κ1) is 16.9. The third-order valence-corrected chi connectivity index (χ3v) is 3.06. The first-order valence-corrected chi connectivity index (χ1v) is 6.86. The van der Waals surface area contributed by atoms with E-state index in [2.05, 4.69) is 20.3 Å². The van der Waals surface area contributed by atoms with Gasteiger partial charge in [0.05, 0.1) is 6.54 Å². The van der Waals surface area contributed by atoms with Gasteiger partial charge in [-0.2, -0.15) is 0 Å². The van der Waals surface area contributed by atoms with E-state index in [-0.39, 0.29) is 24.0 Å². The van der Waals surface area contributed by atoms with E-state index >= 15 is 0 Å². The van der Waals surface area contributed by atoms with Crippen molar-refractivity contribution in [2.45, 2.75) is 6.54 Å². The van der Waals surface area contributed by atoms with Gasteiger partial charge in [0.1, 0.15) is 12.1 Å². The Labute approximate surface area is 151 Å². The van der Waals surface area contributed by atoms with Crippen LogP contribution in [0.15, 0.2) is 72.4 Å². The standard InChI is InChI=1S/C16H16N6.HI/c17-16(21-14-4-2-1-3-5-14)20-11-13-6-7-19-15(10-13)22-9-8-18-12-22;/h1-10,12H,11H2,(H3,17,20,21);1H. The number of pyridine rings is 1. The molecule has 7 heteroatoms. The van der Waals surface area contributed by atoms with Crippen molar-refractivity contribution in [1.82, 2.24) is 14.5 Å². The van der Waals surface area contributed by atoms with Crippen LogP contribution in [-0.2, 0) is 6.54 Å². The number of aliphatic imine (C=N–C) groups is 1.